The summed E-state index contributed by atoms with van der Waals surface area (Å²) in [5.74, 6) is 6.19. The van der Waals surface area contributed by atoms with Gasteiger partial charge in [0.05, 0.1) is 6.61 Å². The van der Waals surface area contributed by atoms with Crippen molar-refractivity contribution in [3.63, 3.8) is 0 Å². The molecule has 1 aliphatic carbocycles. The van der Waals surface area contributed by atoms with Crippen LogP contribution in [0.5, 0.6) is 6.01 Å². The molecule has 20 heavy (non-hydrogen) atoms. The third-order valence-electron chi connectivity index (χ3n) is 3.36. The Morgan fingerprint density at radius 3 is 2.50 bits per heavy atom. The molecule has 0 unspecified atom stereocenters. The molecule has 0 aliphatic heterocycles. The minimum atomic E-state index is 0.288. The number of hydrogen-bond donors (Lipinski definition) is 3. The Morgan fingerprint density at radius 1 is 1.20 bits per heavy atom. The van der Waals surface area contributed by atoms with E-state index in [2.05, 4.69) is 32.0 Å². The maximum atomic E-state index is 5.36. The molecule has 8 heteroatoms. The second kappa shape index (κ2) is 7.49. The van der Waals surface area contributed by atoms with Crippen molar-refractivity contribution in [3.8, 4) is 6.01 Å². The van der Waals surface area contributed by atoms with Gasteiger partial charge in [-0.15, -0.1) is 0 Å². The number of hydrogen-bond acceptors (Lipinski definition) is 8. The summed E-state index contributed by atoms with van der Waals surface area (Å²) in [6.45, 7) is 2.39. The van der Waals surface area contributed by atoms with Gasteiger partial charge in [0.15, 0.2) is 0 Å². The van der Waals surface area contributed by atoms with E-state index < -0.39 is 0 Å². The SMILES string of the molecule is CCOc1nc(NN)nc(NC2CCC(SC)CC2)n1. The topological polar surface area (TPSA) is 98.0 Å². The van der Waals surface area contributed by atoms with Gasteiger partial charge in [-0.05, 0) is 38.9 Å². The monoisotopic (exact) mass is 298 g/mol. The average Bonchev–Trinajstić information content (AvgIpc) is 2.48. The molecule has 0 saturated heterocycles. The molecule has 7 nitrogen and oxygen atoms in total. The van der Waals surface area contributed by atoms with E-state index in [0.29, 0.717) is 24.5 Å². The Balaban J connectivity index is 1.99. The summed E-state index contributed by atoms with van der Waals surface area (Å²) in [6, 6.07) is 0.691. The van der Waals surface area contributed by atoms with Gasteiger partial charge >= 0.3 is 6.01 Å². The van der Waals surface area contributed by atoms with Crippen molar-refractivity contribution in [3.05, 3.63) is 0 Å². The zero-order valence-electron chi connectivity index (χ0n) is 11.9. The molecule has 0 amide bonds. The summed E-state index contributed by atoms with van der Waals surface area (Å²) in [6.07, 6.45) is 6.89. The smallest absolute Gasteiger partial charge is 0.323 e. The summed E-state index contributed by atoms with van der Waals surface area (Å²) < 4.78 is 5.31. The fraction of sp³-hybridized carbons (Fsp3) is 0.750. The minimum absolute atomic E-state index is 0.288. The van der Waals surface area contributed by atoms with Crippen LogP contribution >= 0.6 is 11.8 Å². The average molecular weight is 298 g/mol. The number of ether oxygens (including phenoxy) is 1. The second-order valence-electron chi connectivity index (χ2n) is 4.70. The molecular weight excluding hydrogens is 276 g/mol. The van der Waals surface area contributed by atoms with E-state index in [1.54, 1.807) is 0 Å². The normalized spacial score (nSPS) is 22.4. The molecule has 2 rings (SSSR count). The minimum Gasteiger partial charge on any atom is -0.464 e. The van der Waals surface area contributed by atoms with Crippen molar-refractivity contribution in [1.82, 2.24) is 15.0 Å². The predicted molar refractivity (Wildman–Crippen MR) is 82.0 cm³/mol. The number of nitrogens with zero attached hydrogens (tertiary/aromatic N) is 3. The number of hydrazine groups is 1. The van der Waals surface area contributed by atoms with E-state index >= 15 is 0 Å². The van der Waals surface area contributed by atoms with Crippen molar-refractivity contribution in [2.45, 2.75) is 43.9 Å². The number of rotatable bonds is 6. The Bertz CT molecular complexity index is 424. The van der Waals surface area contributed by atoms with Crippen LogP contribution in [0.2, 0.25) is 0 Å². The number of aromatic nitrogens is 3. The zero-order valence-corrected chi connectivity index (χ0v) is 12.7. The van der Waals surface area contributed by atoms with Crippen LogP contribution in [0.25, 0.3) is 0 Å². The quantitative estimate of drug-likeness (QED) is 0.538. The third-order valence-corrected chi connectivity index (χ3v) is 4.50. The molecule has 0 bridgehead atoms. The molecule has 1 aliphatic rings. The van der Waals surface area contributed by atoms with E-state index in [0.717, 1.165) is 18.1 Å². The molecule has 1 aromatic rings. The van der Waals surface area contributed by atoms with Crippen LogP contribution in [-0.4, -0.2) is 39.1 Å². The lowest BCUT2D eigenvalue weighted by Gasteiger charge is -2.28. The predicted octanol–water partition coefficient (Wildman–Crippen LogP) is 1.64. The third kappa shape index (κ3) is 4.11. The summed E-state index contributed by atoms with van der Waals surface area (Å²) in [7, 11) is 0. The van der Waals surface area contributed by atoms with E-state index in [4.69, 9.17) is 10.6 Å². The molecule has 0 radical (unpaired) electrons. The van der Waals surface area contributed by atoms with E-state index in [-0.39, 0.29) is 6.01 Å². The van der Waals surface area contributed by atoms with Crippen LogP contribution in [-0.2, 0) is 0 Å². The zero-order chi connectivity index (χ0) is 14.4. The van der Waals surface area contributed by atoms with Gasteiger partial charge in [-0.25, -0.2) is 5.84 Å². The highest BCUT2D eigenvalue weighted by atomic mass is 32.2. The largest absolute Gasteiger partial charge is 0.464 e. The molecular formula is C12H22N6OS. The van der Waals surface area contributed by atoms with Crippen molar-refractivity contribution in [1.29, 1.82) is 0 Å². The number of nitrogen functional groups attached to an aromatic ring is 1. The van der Waals surface area contributed by atoms with Gasteiger partial charge in [0.1, 0.15) is 0 Å². The van der Waals surface area contributed by atoms with Crippen molar-refractivity contribution in [2.24, 2.45) is 5.84 Å². The summed E-state index contributed by atoms with van der Waals surface area (Å²) in [5, 5.41) is 4.14. The maximum Gasteiger partial charge on any atom is 0.323 e. The first-order valence-electron chi connectivity index (χ1n) is 6.90. The fourth-order valence-corrected chi connectivity index (χ4v) is 3.05. The molecule has 0 aromatic carbocycles. The number of thioether (sulfide) groups is 1. The Kier molecular flexibility index (Phi) is 5.66. The first kappa shape index (κ1) is 15.1. The highest BCUT2D eigenvalue weighted by molar-refractivity contribution is 7.99. The maximum absolute atomic E-state index is 5.36. The van der Waals surface area contributed by atoms with Gasteiger partial charge in [-0.1, -0.05) is 0 Å². The highest BCUT2D eigenvalue weighted by Gasteiger charge is 2.21. The summed E-state index contributed by atoms with van der Waals surface area (Å²) in [4.78, 5) is 12.5. The lowest BCUT2D eigenvalue weighted by Crippen LogP contribution is -2.28. The second-order valence-corrected chi connectivity index (χ2v) is 5.83. The molecule has 1 fully saturated rings. The van der Waals surface area contributed by atoms with E-state index in [9.17, 15) is 0 Å². The van der Waals surface area contributed by atoms with Crippen LogP contribution < -0.4 is 21.3 Å². The van der Waals surface area contributed by atoms with Crippen molar-refractivity contribution >= 4 is 23.7 Å². The van der Waals surface area contributed by atoms with Gasteiger partial charge in [-0.3, -0.25) is 5.43 Å². The summed E-state index contributed by atoms with van der Waals surface area (Å²) >= 11 is 1.95. The first-order chi connectivity index (χ1) is 9.75. The molecule has 1 saturated carbocycles. The van der Waals surface area contributed by atoms with Crippen molar-refractivity contribution in [2.75, 3.05) is 23.6 Å². The fourth-order valence-electron chi connectivity index (χ4n) is 2.30. The van der Waals surface area contributed by atoms with Gasteiger partial charge in [0.25, 0.3) is 0 Å². The van der Waals surface area contributed by atoms with Crippen LogP contribution in [0.3, 0.4) is 0 Å². The lowest BCUT2D eigenvalue weighted by molar-refractivity contribution is 0.312. The van der Waals surface area contributed by atoms with Crippen LogP contribution in [0.15, 0.2) is 0 Å². The number of nitrogens with one attached hydrogen (secondary N) is 2. The molecule has 4 N–H and O–H groups in total. The number of anilines is 2. The standard InChI is InChI=1S/C12H22N6OS/c1-3-19-12-16-10(15-11(17-12)18-13)14-8-4-6-9(20-2)7-5-8/h8-9H,3-7,13H2,1-2H3,(H2,14,15,16,17,18). The Labute approximate surface area is 123 Å². The Hall–Kier alpha value is -1.28. The van der Waals surface area contributed by atoms with Crippen molar-refractivity contribution < 1.29 is 4.74 Å². The molecule has 0 spiro atoms. The molecule has 112 valence electrons. The van der Waals surface area contributed by atoms with E-state index in [1.165, 1.54) is 12.8 Å². The Morgan fingerprint density at radius 2 is 1.90 bits per heavy atom. The lowest BCUT2D eigenvalue weighted by atomic mass is 9.95. The summed E-state index contributed by atoms with van der Waals surface area (Å²) in [5.41, 5.74) is 2.43. The van der Waals surface area contributed by atoms with Crippen LogP contribution in [0, 0.1) is 0 Å². The number of nitrogens with two attached hydrogens (primary N) is 1. The molecule has 1 aromatic heterocycles. The highest BCUT2D eigenvalue weighted by Crippen LogP contribution is 2.28. The van der Waals surface area contributed by atoms with Gasteiger partial charge in [-0.2, -0.15) is 26.7 Å². The van der Waals surface area contributed by atoms with Crippen LogP contribution in [0.1, 0.15) is 32.6 Å². The van der Waals surface area contributed by atoms with Gasteiger partial charge < -0.3 is 10.1 Å². The van der Waals surface area contributed by atoms with E-state index in [1.807, 2.05) is 18.7 Å². The van der Waals surface area contributed by atoms with Gasteiger partial charge in [0.2, 0.25) is 11.9 Å². The molecule has 1 heterocycles. The van der Waals surface area contributed by atoms with Crippen LogP contribution in [0.4, 0.5) is 11.9 Å². The molecule has 0 atom stereocenters. The van der Waals surface area contributed by atoms with Gasteiger partial charge in [0, 0.05) is 11.3 Å². The first-order valence-corrected chi connectivity index (χ1v) is 8.18.